The summed E-state index contributed by atoms with van der Waals surface area (Å²) in [6, 6.07) is 8.61. The molecule has 4 nitrogen and oxygen atoms in total. The lowest BCUT2D eigenvalue weighted by atomic mass is 10.2. The van der Waals surface area contributed by atoms with Crippen LogP contribution in [0.5, 0.6) is 0 Å². The Morgan fingerprint density at radius 3 is 2.25 bits per heavy atom. The van der Waals surface area contributed by atoms with E-state index in [0.29, 0.717) is 5.56 Å². The predicted molar refractivity (Wildman–Crippen MR) is 60.2 cm³/mol. The molecule has 4 heteroatoms. The van der Waals surface area contributed by atoms with Gasteiger partial charge < -0.3 is 4.74 Å². The van der Waals surface area contributed by atoms with Crippen molar-refractivity contribution in [2.75, 3.05) is 7.05 Å². The number of carbonyl (C=O) groups excluding carboxylic acids is 2. The molecule has 86 valence electrons. The first kappa shape index (κ1) is 12.2. The molecule has 0 aliphatic heterocycles. The van der Waals surface area contributed by atoms with E-state index in [1.165, 1.54) is 7.05 Å². The zero-order valence-electron chi connectivity index (χ0n) is 9.64. The number of hydrogen-bond donors (Lipinski definition) is 0. The van der Waals surface area contributed by atoms with Gasteiger partial charge in [0.1, 0.15) is 0 Å². The minimum atomic E-state index is -0.635. The molecule has 0 aliphatic carbocycles. The molecule has 0 radical (unpaired) electrons. The summed E-state index contributed by atoms with van der Waals surface area (Å²) in [5.74, 6) is -0.369. The number of ether oxygens (including phenoxy) is 1. The molecular weight excluding hydrogens is 206 g/mol. The van der Waals surface area contributed by atoms with E-state index in [1.807, 2.05) is 6.07 Å². The first-order valence-corrected chi connectivity index (χ1v) is 5.06. The predicted octanol–water partition coefficient (Wildman–Crippen LogP) is 2.30. The van der Waals surface area contributed by atoms with E-state index in [2.05, 4.69) is 0 Å². The largest absolute Gasteiger partial charge is 0.446 e. The lowest BCUT2D eigenvalue weighted by molar-refractivity contribution is 0.0627. The third-order valence-corrected chi connectivity index (χ3v) is 1.94. The summed E-state index contributed by atoms with van der Waals surface area (Å²) in [5, 5.41) is 0. The fraction of sp³-hybridized carbons (Fsp3) is 0.333. The second-order valence-electron chi connectivity index (χ2n) is 3.66. The van der Waals surface area contributed by atoms with Gasteiger partial charge in [0, 0.05) is 12.6 Å². The van der Waals surface area contributed by atoms with E-state index < -0.39 is 6.09 Å². The Bertz CT molecular complexity index is 373. The molecule has 0 aliphatic rings. The van der Waals surface area contributed by atoms with Crippen molar-refractivity contribution in [3.8, 4) is 0 Å². The number of hydrogen-bond acceptors (Lipinski definition) is 3. The van der Waals surface area contributed by atoms with Gasteiger partial charge in [-0.1, -0.05) is 18.2 Å². The Balaban J connectivity index is 2.72. The molecule has 0 saturated carbocycles. The van der Waals surface area contributed by atoms with Crippen molar-refractivity contribution < 1.29 is 14.3 Å². The molecule has 0 N–H and O–H groups in total. The fourth-order valence-corrected chi connectivity index (χ4v) is 1.14. The van der Waals surface area contributed by atoms with Crippen LogP contribution < -0.4 is 0 Å². The van der Waals surface area contributed by atoms with Crippen molar-refractivity contribution in [2.45, 2.75) is 20.0 Å². The minimum absolute atomic E-state index is 0.237. The molecule has 0 atom stereocenters. The normalized spacial score (nSPS) is 10.0. The highest BCUT2D eigenvalue weighted by atomic mass is 16.6. The molecule has 0 saturated heterocycles. The van der Waals surface area contributed by atoms with Crippen molar-refractivity contribution in [3.05, 3.63) is 35.9 Å². The molecule has 0 bridgehead atoms. The molecular formula is C12H15NO3. The van der Waals surface area contributed by atoms with Gasteiger partial charge in [0.15, 0.2) is 0 Å². The fourth-order valence-electron chi connectivity index (χ4n) is 1.14. The van der Waals surface area contributed by atoms with E-state index >= 15 is 0 Å². The highest BCUT2D eigenvalue weighted by molar-refractivity contribution is 6.02. The molecule has 2 amide bonds. The second-order valence-corrected chi connectivity index (χ2v) is 3.66. The van der Waals surface area contributed by atoms with Gasteiger partial charge in [-0.2, -0.15) is 0 Å². The van der Waals surface area contributed by atoms with Crippen molar-refractivity contribution >= 4 is 12.0 Å². The van der Waals surface area contributed by atoms with Crippen molar-refractivity contribution in [1.82, 2.24) is 4.90 Å². The summed E-state index contributed by atoms with van der Waals surface area (Å²) in [4.78, 5) is 24.2. The van der Waals surface area contributed by atoms with Crippen LogP contribution in [0.15, 0.2) is 30.3 Å². The molecule has 1 aromatic carbocycles. The standard InChI is InChI=1S/C12H15NO3/c1-9(2)16-12(15)13(3)11(14)10-7-5-4-6-8-10/h4-9H,1-3H3. The van der Waals surface area contributed by atoms with Gasteiger partial charge in [-0.3, -0.25) is 4.79 Å². The SMILES string of the molecule is CC(C)OC(=O)N(C)C(=O)c1ccccc1. The molecule has 1 aromatic rings. The molecule has 0 spiro atoms. The maximum absolute atomic E-state index is 11.8. The number of nitrogens with zero attached hydrogens (tertiary/aromatic N) is 1. The Hall–Kier alpha value is -1.84. The average molecular weight is 221 g/mol. The van der Waals surface area contributed by atoms with Gasteiger partial charge in [0.05, 0.1) is 6.10 Å². The first-order chi connectivity index (χ1) is 7.52. The Morgan fingerprint density at radius 1 is 1.19 bits per heavy atom. The van der Waals surface area contributed by atoms with Crippen molar-refractivity contribution in [2.24, 2.45) is 0 Å². The van der Waals surface area contributed by atoms with Gasteiger partial charge in [0.25, 0.3) is 5.91 Å². The lowest BCUT2D eigenvalue weighted by Gasteiger charge is -2.16. The lowest BCUT2D eigenvalue weighted by Crippen LogP contribution is -2.34. The Labute approximate surface area is 94.8 Å². The third kappa shape index (κ3) is 3.08. The van der Waals surface area contributed by atoms with Crippen LogP contribution in [-0.4, -0.2) is 30.1 Å². The van der Waals surface area contributed by atoms with Crippen LogP contribution in [0.2, 0.25) is 0 Å². The minimum Gasteiger partial charge on any atom is -0.446 e. The number of imide groups is 1. The van der Waals surface area contributed by atoms with E-state index in [9.17, 15) is 9.59 Å². The average Bonchev–Trinajstić information content (AvgIpc) is 2.27. The second kappa shape index (κ2) is 5.30. The quantitative estimate of drug-likeness (QED) is 0.769. The highest BCUT2D eigenvalue weighted by Gasteiger charge is 2.20. The summed E-state index contributed by atoms with van der Waals surface area (Å²) in [7, 11) is 1.40. The van der Waals surface area contributed by atoms with E-state index in [0.717, 1.165) is 4.90 Å². The number of benzene rings is 1. The smallest absolute Gasteiger partial charge is 0.416 e. The van der Waals surface area contributed by atoms with Crippen LogP contribution in [0.1, 0.15) is 24.2 Å². The van der Waals surface area contributed by atoms with Crippen LogP contribution in [0.4, 0.5) is 4.79 Å². The van der Waals surface area contributed by atoms with Gasteiger partial charge >= 0.3 is 6.09 Å². The van der Waals surface area contributed by atoms with Crippen LogP contribution in [0, 0.1) is 0 Å². The number of rotatable bonds is 2. The van der Waals surface area contributed by atoms with Crippen LogP contribution in [0.25, 0.3) is 0 Å². The van der Waals surface area contributed by atoms with Gasteiger partial charge in [-0.05, 0) is 26.0 Å². The molecule has 1 rings (SSSR count). The molecule has 0 heterocycles. The van der Waals surface area contributed by atoms with Crippen molar-refractivity contribution in [3.63, 3.8) is 0 Å². The monoisotopic (exact) mass is 221 g/mol. The molecule has 0 aromatic heterocycles. The van der Waals surface area contributed by atoms with Crippen molar-refractivity contribution in [1.29, 1.82) is 0 Å². The number of amides is 2. The topological polar surface area (TPSA) is 46.6 Å². The molecule has 0 unspecified atom stereocenters. The summed E-state index contributed by atoms with van der Waals surface area (Å²) in [5.41, 5.74) is 0.464. The molecule has 0 fully saturated rings. The maximum Gasteiger partial charge on any atom is 0.416 e. The maximum atomic E-state index is 11.8. The zero-order valence-corrected chi connectivity index (χ0v) is 9.64. The van der Waals surface area contributed by atoms with Gasteiger partial charge in [-0.15, -0.1) is 0 Å². The zero-order chi connectivity index (χ0) is 12.1. The summed E-state index contributed by atoms with van der Waals surface area (Å²) in [6.45, 7) is 3.47. The third-order valence-electron chi connectivity index (χ3n) is 1.94. The van der Waals surface area contributed by atoms with Crippen LogP contribution >= 0.6 is 0 Å². The van der Waals surface area contributed by atoms with Crippen LogP contribution in [0.3, 0.4) is 0 Å². The van der Waals surface area contributed by atoms with E-state index in [1.54, 1.807) is 38.1 Å². The van der Waals surface area contributed by atoms with Gasteiger partial charge in [-0.25, -0.2) is 9.69 Å². The number of carbonyl (C=O) groups is 2. The van der Waals surface area contributed by atoms with Crippen LogP contribution in [-0.2, 0) is 4.74 Å². The first-order valence-electron chi connectivity index (χ1n) is 5.06. The summed E-state index contributed by atoms with van der Waals surface area (Å²) in [6.07, 6.45) is -0.873. The van der Waals surface area contributed by atoms with E-state index in [-0.39, 0.29) is 12.0 Å². The Morgan fingerprint density at radius 2 is 1.75 bits per heavy atom. The Kier molecular flexibility index (Phi) is 4.05. The summed E-state index contributed by atoms with van der Waals surface area (Å²) >= 11 is 0. The molecule has 16 heavy (non-hydrogen) atoms. The summed E-state index contributed by atoms with van der Waals surface area (Å²) < 4.78 is 4.92. The van der Waals surface area contributed by atoms with E-state index in [4.69, 9.17) is 4.74 Å². The highest BCUT2D eigenvalue weighted by Crippen LogP contribution is 2.05. The van der Waals surface area contributed by atoms with Gasteiger partial charge in [0.2, 0.25) is 0 Å².